The van der Waals surface area contributed by atoms with Crippen LogP contribution < -0.4 is 10.3 Å². The van der Waals surface area contributed by atoms with Gasteiger partial charge in [-0.2, -0.15) is 0 Å². The van der Waals surface area contributed by atoms with Gasteiger partial charge in [-0.25, -0.2) is 9.18 Å². The smallest absolute Gasteiger partial charge is 0.343 e. The minimum atomic E-state index is -0.652. The maximum absolute atomic E-state index is 15.0. The highest BCUT2D eigenvalue weighted by Crippen LogP contribution is 2.38. The molecule has 0 amide bonds. The third kappa shape index (κ3) is 3.28. The lowest BCUT2D eigenvalue weighted by Gasteiger charge is -2.39. The molecule has 0 bridgehead atoms. The molecule has 4 rings (SSSR count). The molecule has 1 saturated heterocycles. The van der Waals surface area contributed by atoms with E-state index in [0.29, 0.717) is 17.2 Å². The van der Waals surface area contributed by atoms with Crippen LogP contribution in [0.1, 0.15) is 43.1 Å². The number of nitrogens with zero attached hydrogens (tertiary/aromatic N) is 3. The second-order valence-electron chi connectivity index (χ2n) is 7.83. The van der Waals surface area contributed by atoms with Crippen LogP contribution in [0.25, 0.3) is 10.9 Å². The average molecular weight is 387 g/mol. The summed E-state index contributed by atoms with van der Waals surface area (Å²) in [5.41, 5.74) is 0.706. The van der Waals surface area contributed by atoms with Crippen LogP contribution in [0.2, 0.25) is 0 Å². The van der Waals surface area contributed by atoms with Gasteiger partial charge < -0.3 is 19.1 Å². The van der Waals surface area contributed by atoms with Crippen molar-refractivity contribution in [2.24, 2.45) is 0 Å². The average Bonchev–Trinajstić information content (AvgIpc) is 3.49. The van der Waals surface area contributed by atoms with Gasteiger partial charge in [0.05, 0.1) is 17.8 Å². The summed E-state index contributed by atoms with van der Waals surface area (Å²) < 4.78 is 22.0. The van der Waals surface area contributed by atoms with E-state index in [1.165, 1.54) is 6.07 Å². The third-order valence-corrected chi connectivity index (χ3v) is 5.84. The zero-order chi connectivity index (χ0) is 20.0. The van der Waals surface area contributed by atoms with Crippen molar-refractivity contribution >= 4 is 22.6 Å². The van der Waals surface area contributed by atoms with Crippen molar-refractivity contribution < 1.29 is 13.9 Å². The zero-order valence-electron chi connectivity index (χ0n) is 16.6. The van der Waals surface area contributed by atoms with Crippen molar-refractivity contribution in [2.75, 3.05) is 38.2 Å². The highest BCUT2D eigenvalue weighted by molar-refractivity contribution is 5.94. The molecule has 1 aromatic carbocycles. The molecule has 2 aliphatic rings. The molecule has 150 valence electrons. The SMILES string of the molecule is CCOC(=O)c1cn(C2CC2)c2cc(N3CCN(C)C(C)C3)c(F)cc2c1=O. The Hall–Kier alpha value is -2.41. The molecule has 1 atom stereocenters. The van der Waals surface area contributed by atoms with Crippen molar-refractivity contribution in [2.45, 2.75) is 38.8 Å². The first-order chi connectivity index (χ1) is 13.4. The van der Waals surface area contributed by atoms with Crippen LogP contribution in [-0.4, -0.2) is 54.8 Å². The lowest BCUT2D eigenvalue weighted by Crippen LogP contribution is -2.50. The first-order valence-corrected chi connectivity index (χ1v) is 9.91. The van der Waals surface area contributed by atoms with Crippen LogP contribution in [0.5, 0.6) is 0 Å². The minimum Gasteiger partial charge on any atom is -0.462 e. The molecule has 0 spiro atoms. The number of fused-ring (bicyclic) bond motifs is 1. The Bertz CT molecular complexity index is 983. The molecular formula is C21H26FN3O3. The van der Waals surface area contributed by atoms with E-state index < -0.39 is 17.2 Å². The largest absolute Gasteiger partial charge is 0.462 e. The monoisotopic (exact) mass is 387 g/mol. The van der Waals surface area contributed by atoms with Gasteiger partial charge in [0, 0.05) is 43.3 Å². The van der Waals surface area contributed by atoms with E-state index in [9.17, 15) is 9.59 Å². The number of piperazine rings is 1. The fourth-order valence-electron chi connectivity index (χ4n) is 3.88. The number of carbonyl (C=O) groups is 1. The van der Waals surface area contributed by atoms with Crippen LogP contribution in [0, 0.1) is 5.82 Å². The summed E-state index contributed by atoms with van der Waals surface area (Å²) in [7, 11) is 2.07. The van der Waals surface area contributed by atoms with Crippen molar-refractivity contribution in [3.63, 3.8) is 0 Å². The van der Waals surface area contributed by atoms with Gasteiger partial charge in [0.1, 0.15) is 11.4 Å². The molecule has 1 saturated carbocycles. The van der Waals surface area contributed by atoms with Crippen LogP contribution >= 0.6 is 0 Å². The zero-order valence-corrected chi connectivity index (χ0v) is 16.6. The highest BCUT2D eigenvalue weighted by Gasteiger charge is 2.29. The quantitative estimate of drug-likeness (QED) is 0.755. The molecular weight excluding hydrogens is 361 g/mol. The molecule has 1 unspecified atom stereocenters. The van der Waals surface area contributed by atoms with Gasteiger partial charge in [0.15, 0.2) is 0 Å². The normalized spacial score (nSPS) is 20.6. The number of rotatable bonds is 4. The maximum Gasteiger partial charge on any atom is 0.343 e. The number of ether oxygens (including phenoxy) is 1. The summed E-state index contributed by atoms with van der Waals surface area (Å²) in [4.78, 5) is 29.4. The summed E-state index contributed by atoms with van der Waals surface area (Å²) in [6, 6.07) is 3.62. The molecule has 1 aliphatic heterocycles. The summed E-state index contributed by atoms with van der Waals surface area (Å²) in [5.74, 6) is -1.08. The molecule has 2 fully saturated rings. The Kier molecular flexibility index (Phi) is 4.87. The Morgan fingerprint density at radius 1 is 1.29 bits per heavy atom. The van der Waals surface area contributed by atoms with Crippen molar-refractivity contribution in [3.05, 3.63) is 39.9 Å². The second-order valence-corrected chi connectivity index (χ2v) is 7.83. The topological polar surface area (TPSA) is 54.8 Å². The maximum atomic E-state index is 15.0. The summed E-state index contributed by atoms with van der Waals surface area (Å²) in [6.45, 7) is 6.33. The van der Waals surface area contributed by atoms with E-state index in [4.69, 9.17) is 4.74 Å². The molecule has 28 heavy (non-hydrogen) atoms. The highest BCUT2D eigenvalue weighted by atomic mass is 19.1. The number of anilines is 1. The molecule has 2 aromatic rings. The number of likely N-dealkylation sites (N-methyl/N-ethyl adjacent to an activating group) is 1. The lowest BCUT2D eigenvalue weighted by molar-refractivity contribution is 0.0524. The Morgan fingerprint density at radius 2 is 2.04 bits per heavy atom. The second kappa shape index (κ2) is 7.20. The van der Waals surface area contributed by atoms with Crippen molar-refractivity contribution in [1.29, 1.82) is 0 Å². The van der Waals surface area contributed by atoms with E-state index in [2.05, 4.69) is 18.9 Å². The van der Waals surface area contributed by atoms with Crippen molar-refractivity contribution in [3.8, 4) is 0 Å². The lowest BCUT2D eigenvalue weighted by atomic mass is 10.1. The van der Waals surface area contributed by atoms with Crippen LogP contribution in [-0.2, 0) is 4.74 Å². The third-order valence-electron chi connectivity index (χ3n) is 5.84. The van der Waals surface area contributed by atoms with E-state index in [1.54, 1.807) is 19.2 Å². The molecule has 0 N–H and O–H groups in total. The fourth-order valence-corrected chi connectivity index (χ4v) is 3.88. The van der Waals surface area contributed by atoms with Crippen LogP contribution in [0.15, 0.2) is 23.1 Å². The molecule has 1 aromatic heterocycles. The number of benzene rings is 1. The minimum absolute atomic E-state index is 0.0263. The number of halogens is 1. The van der Waals surface area contributed by atoms with E-state index in [1.807, 2.05) is 9.47 Å². The molecule has 6 nitrogen and oxygen atoms in total. The number of hydrogen-bond acceptors (Lipinski definition) is 5. The first kappa shape index (κ1) is 18.9. The van der Waals surface area contributed by atoms with Gasteiger partial charge in [-0.1, -0.05) is 0 Å². The van der Waals surface area contributed by atoms with Gasteiger partial charge in [0.2, 0.25) is 5.43 Å². The van der Waals surface area contributed by atoms with Gasteiger partial charge >= 0.3 is 5.97 Å². The summed E-state index contributed by atoms with van der Waals surface area (Å²) in [6.07, 6.45) is 3.56. The summed E-state index contributed by atoms with van der Waals surface area (Å²) >= 11 is 0. The fraction of sp³-hybridized carbons (Fsp3) is 0.524. The number of hydrogen-bond donors (Lipinski definition) is 0. The Labute approximate surface area is 163 Å². The van der Waals surface area contributed by atoms with Crippen molar-refractivity contribution in [1.82, 2.24) is 9.47 Å². The predicted molar refractivity (Wildman–Crippen MR) is 107 cm³/mol. The van der Waals surface area contributed by atoms with Gasteiger partial charge in [-0.3, -0.25) is 4.79 Å². The first-order valence-electron chi connectivity index (χ1n) is 9.91. The molecule has 2 heterocycles. The predicted octanol–water partition coefficient (Wildman–Crippen LogP) is 2.79. The Balaban J connectivity index is 1.85. The molecule has 1 aliphatic carbocycles. The standard InChI is InChI=1S/C21H26FN3O3/c1-4-28-21(27)16-12-25(14-5-6-14)18-10-19(17(22)9-15(18)20(16)26)24-8-7-23(3)13(2)11-24/h9-10,12-14H,4-8,11H2,1-3H3. The number of aromatic nitrogens is 1. The van der Waals surface area contributed by atoms with E-state index >= 15 is 4.39 Å². The number of pyridine rings is 1. The van der Waals surface area contributed by atoms with Gasteiger partial charge in [-0.05, 0) is 45.9 Å². The van der Waals surface area contributed by atoms with E-state index in [-0.39, 0.29) is 23.6 Å². The number of carbonyl (C=O) groups excluding carboxylic acids is 1. The molecule has 0 radical (unpaired) electrons. The summed E-state index contributed by atoms with van der Waals surface area (Å²) in [5, 5.41) is 0.237. The van der Waals surface area contributed by atoms with E-state index in [0.717, 1.165) is 32.5 Å². The van der Waals surface area contributed by atoms with Gasteiger partial charge in [-0.15, -0.1) is 0 Å². The molecule has 7 heteroatoms. The Morgan fingerprint density at radius 3 is 2.68 bits per heavy atom. The van der Waals surface area contributed by atoms with Gasteiger partial charge in [0.25, 0.3) is 0 Å². The van der Waals surface area contributed by atoms with Crippen LogP contribution in [0.4, 0.5) is 10.1 Å². The number of esters is 1. The van der Waals surface area contributed by atoms with Crippen LogP contribution in [0.3, 0.4) is 0 Å².